The topological polar surface area (TPSA) is 77.5 Å². The summed E-state index contributed by atoms with van der Waals surface area (Å²) in [5, 5.41) is 0.438. The van der Waals surface area contributed by atoms with Crippen LogP contribution in [0.2, 0.25) is 0 Å². The predicted octanol–water partition coefficient (Wildman–Crippen LogP) is -0.675. The maximum Gasteiger partial charge on any atom is 0.0696 e. The Morgan fingerprint density at radius 2 is 1.17 bits per heavy atom. The number of rotatable bonds is 4. The van der Waals surface area contributed by atoms with E-state index in [1.54, 1.807) is 0 Å². The Bertz CT molecular complexity index is 130. The fourth-order valence-corrected chi connectivity index (χ4v) is 0.458. The third kappa shape index (κ3) is 4.89. The molecule has 0 amide bonds. The standard InChI is InChI=1S/C2H5O.4CHO.Co/c1-3-2;4*1-2;/h1H2,2H3;4*1H;. The van der Waals surface area contributed by atoms with Crippen LogP contribution in [0.25, 0.3) is 0 Å². The molecule has 0 aromatic heterocycles. The van der Waals surface area contributed by atoms with Gasteiger partial charge in [0.15, 0.2) is 0 Å². The predicted molar refractivity (Wildman–Crippen MR) is 39.4 cm³/mol. The van der Waals surface area contributed by atoms with Crippen LogP contribution < -0.4 is 0 Å². The fraction of sp³-hybridized carbons (Fsp3) is 0.167. The van der Waals surface area contributed by atoms with Crippen LogP contribution in [0.3, 0.4) is 0 Å². The van der Waals surface area contributed by atoms with Crippen molar-refractivity contribution in [1.29, 1.82) is 0 Å². The van der Waals surface area contributed by atoms with Gasteiger partial charge < -0.3 is 4.74 Å². The number of hydrogen-bond donors (Lipinski definition) is 0. The molecule has 0 rings (SSSR count). The summed E-state index contributed by atoms with van der Waals surface area (Å²) < 4.78 is 4.00. The zero-order chi connectivity index (χ0) is 10.0. The number of ether oxygens (including phenoxy) is 1. The van der Waals surface area contributed by atoms with E-state index in [9.17, 15) is 19.2 Å². The Balaban J connectivity index is 0. The van der Waals surface area contributed by atoms with Crippen LogP contribution in [0.5, 0.6) is 0 Å². The van der Waals surface area contributed by atoms with Crippen LogP contribution in [-0.4, -0.2) is 28.0 Å². The van der Waals surface area contributed by atoms with Gasteiger partial charge >= 0.3 is 52.7 Å². The van der Waals surface area contributed by atoms with Crippen molar-refractivity contribution in [2.75, 3.05) is 7.11 Å². The first-order valence-electron chi connectivity index (χ1n) is 2.41. The normalized spacial score (nSPS) is 10.2. The van der Waals surface area contributed by atoms with E-state index in [2.05, 4.69) is 11.8 Å². The molecular weight excluding hydrogens is 211 g/mol. The van der Waals surface area contributed by atoms with Gasteiger partial charge in [-0.2, -0.15) is 0 Å². The van der Waals surface area contributed by atoms with Gasteiger partial charge in [-0.25, -0.2) is 0 Å². The van der Waals surface area contributed by atoms with Crippen LogP contribution in [0.1, 0.15) is 0 Å². The van der Waals surface area contributed by atoms with Gasteiger partial charge in [0.05, 0.1) is 7.11 Å². The van der Waals surface area contributed by atoms with Crippen molar-refractivity contribution in [3.8, 4) is 0 Å². The van der Waals surface area contributed by atoms with Gasteiger partial charge in [0.25, 0.3) is 0 Å². The van der Waals surface area contributed by atoms with E-state index in [0.29, 0.717) is 0 Å². The molecule has 0 N–H and O–H groups in total. The summed E-state index contributed by atoms with van der Waals surface area (Å²) in [4.78, 5) is 39.5. The Hall–Kier alpha value is -0.854. The minimum atomic E-state index is -3.12. The van der Waals surface area contributed by atoms with Crippen molar-refractivity contribution < 1.29 is 36.5 Å². The Labute approximate surface area is 72.2 Å². The van der Waals surface area contributed by atoms with E-state index in [-0.39, 0.29) is 20.9 Å². The van der Waals surface area contributed by atoms with Gasteiger partial charge in [-0.05, 0) is 0 Å². The maximum absolute atomic E-state index is 9.88. The van der Waals surface area contributed by atoms with E-state index in [4.69, 9.17) is 0 Å². The second-order valence-corrected chi connectivity index (χ2v) is 4.33. The molecule has 1 radical (unpaired) electrons. The summed E-state index contributed by atoms with van der Waals surface area (Å²) in [6.07, 6.45) is 0. The van der Waals surface area contributed by atoms with Gasteiger partial charge in [-0.3, -0.25) is 0 Å². The van der Waals surface area contributed by atoms with Crippen molar-refractivity contribution >= 4 is 20.9 Å². The SMILES string of the molecule is O=[CH][Co]([CH]=O)([CH]=O)[CH]=O.[CH2]OC. The molecule has 0 aliphatic carbocycles. The largest absolute Gasteiger partial charge is 0.382 e. The third-order valence-electron chi connectivity index (χ3n) is 0.544. The number of carbonyl (C=O) groups excluding carboxylic acids is 4. The van der Waals surface area contributed by atoms with E-state index in [1.165, 1.54) is 7.11 Å². The van der Waals surface area contributed by atoms with Gasteiger partial charge in [-0.15, -0.1) is 0 Å². The molecule has 0 saturated heterocycles. The number of hydrogen-bond acceptors (Lipinski definition) is 5. The van der Waals surface area contributed by atoms with Gasteiger partial charge in [0.2, 0.25) is 0 Å². The fourth-order valence-electron chi connectivity index (χ4n) is 0.111. The molecule has 0 bridgehead atoms. The summed E-state index contributed by atoms with van der Waals surface area (Å²) in [5.41, 5.74) is 0. The van der Waals surface area contributed by atoms with Gasteiger partial charge in [-0.1, -0.05) is 0 Å². The second-order valence-electron chi connectivity index (χ2n) is 1.27. The second kappa shape index (κ2) is 8.25. The first kappa shape index (κ1) is 13.7. The van der Waals surface area contributed by atoms with E-state index >= 15 is 0 Å². The van der Waals surface area contributed by atoms with Gasteiger partial charge in [0, 0.05) is 7.11 Å². The summed E-state index contributed by atoms with van der Waals surface area (Å²) in [7, 11) is 4.50. The Kier molecular flexibility index (Phi) is 9.42. The van der Waals surface area contributed by atoms with Crippen LogP contribution in [0, 0.1) is 7.11 Å². The quantitative estimate of drug-likeness (QED) is 0.587. The summed E-state index contributed by atoms with van der Waals surface area (Å²) in [5.74, 6) is 0. The molecule has 12 heavy (non-hydrogen) atoms. The minimum Gasteiger partial charge on any atom is -0.382 e. The maximum atomic E-state index is 9.88. The molecule has 0 unspecified atom stereocenters. The molecular formula is C6H9CoO5. The van der Waals surface area contributed by atoms with E-state index in [0.717, 1.165) is 0 Å². The Morgan fingerprint density at radius 3 is 1.17 bits per heavy atom. The summed E-state index contributed by atoms with van der Waals surface area (Å²) >= 11 is -3.12. The van der Waals surface area contributed by atoms with Crippen LogP contribution in [0.4, 0.5) is 0 Å². The van der Waals surface area contributed by atoms with Crippen LogP contribution >= 0.6 is 0 Å². The molecule has 0 fully saturated rings. The monoisotopic (exact) mass is 220 g/mol. The molecule has 6 heteroatoms. The molecule has 0 saturated carbocycles. The smallest absolute Gasteiger partial charge is 0.0696 e. The molecule has 0 aromatic rings. The average molecular weight is 220 g/mol. The molecule has 0 aliphatic heterocycles. The molecule has 0 aliphatic rings. The average Bonchev–Trinajstić information content (AvgIpc) is 2.11. The number of methoxy groups -OCH3 is 1. The molecule has 0 spiro atoms. The van der Waals surface area contributed by atoms with Crippen molar-refractivity contribution in [2.45, 2.75) is 0 Å². The molecule has 0 atom stereocenters. The molecule has 0 heterocycles. The molecule has 72 valence electrons. The molecule has 5 nitrogen and oxygen atoms in total. The van der Waals surface area contributed by atoms with Crippen molar-refractivity contribution in [3.63, 3.8) is 0 Å². The van der Waals surface area contributed by atoms with E-state index in [1.807, 2.05) is 0 Å². The third-order valence-corrected chi connectivity index (χ3v) is 2.24. The first-order valence-corrected chi connectivity index (χ1v) is 4.81. The zero-order valence-corrected chi connectivity index (χ0v) is 7.43. The van der Waals surface area contributed by atoms with Crippen molar-refractivity contribution in [1.82, 2.24) is 0 Å². The van der Waals surface area contributed by atoms with Crippen LogP contribution in [-0.2, 0) is 36.5 Å². The number of carbonyl (C=O) groups is 4. The van der Waals surface area contributed by atoms with Crippen molar-refractivity contribution in [2.24, 2.45) is 0 Å². The summed E-state index contributed by atoms with van der Waals surface area (Å²) in [6, 6.07) is 0. The molecule has 0 aromatic carbocycles. The summed E-state index contributed by atoms with van der Waals surface area (Å²) in [6.45, 7) is 0. The van der Waals surface area contributed by atoms with Crippen LogP contribution in [0.15, 0.2) is 0 Å². The van der Waals surface area contributed by atoms with E-state index < -0.39 is 12.6 Å². The first-order chi connectivity index (χ1) is 5.66. The minimum absolute atomic E-state index is 0.109. The van der Waals surface area contributed by atoms with Gasteiger partial charge in [0.1, 0.15) is 0 Å². The zero-order valence-electron chi connectivity index (χ0n) is 6.39. The van der Waals surface area contributed by atoms with Crippen molar-refractivity contribution in [3.05, 3.63) is 7.11 Å². The Morgan fingerprint density at radius 1 is 1.00 bits per heavy atom.